The van der Waals surface area contributed by atoms with Crippen LogP contribution in [0.3, 0.4) is 0 Å². The van der Waals surface area contributed by atoms with E-state index in [0.29, 0.717) is 34.9 Å². The van der Waals surface area contributed by atoms with Crippen LogP contribution in [0, 0.1) is 5.92 Å². The van der Waals surface area contributed by atoms with Crippen LogP contribution in [0.4, 0.5) is 0 Å². The Bertz CT molecular complexity index is 589. The van der Waals surface area contributed by atoms with Gasteiger partial charge in [-0.15, -0.1) is 0 Å². The van der Waals surface area contributed by atoms with E-state index in [2.05, 4.69) is 28.2 Å². The van der Waals surface area contributed by atoms with Crippen molar-refractivity contribution in [3.05, 3.63) is 28.2 Å². The van der Waals surface area contributed by atoms with E-state index in [-0.39, 0.29) is 0 Å². The molecule has 1 unspecified atom stereocenters. The Labute approximate surface area is 136 Å². The highest BCUT2D eigenvalue weighted by molar-refractivity contribution is 9.10. The highest BCUT2D eigenvalue weighted by atomic mass is 79.9. The molecule has 0 bridgehead atoms. The third-order valence-electron chi connectivity index (χ3n) is 4.02. The monoisotopic (exact) mass is 374 g/mol. The van der Waals surface area contributed by atoms with Crippen molar-refractivity contribution in [2.24, 2.45) is 5.92 Å². The summed E-state index contributed by atoms with van der Waals surface area (Å²) in [5.41, 5.74) is 0.991. The van der Waals surface area contributed by atoms with Gasteiger partial charge in [0.2, 0.25) is 10.0 Å². The topological polar surface area (TPSA) is 49.4 Å². The van der Waals surface area contributed by atoms with Crippen molar-refractivity contribution in [1.29, 1.82) is 0 Å². The minimum absolute atomic E-state index is 0.384. The summed E-state index contributed by atoms with van der Waals surface area (Å²) in [6.07, 6.45) is 2.00. The van der Waals surface area contributed by atoms with Gasteiger partial charge < -0.3 is 5.32 Å². The molecule has 4 nitrogen and oxygen atoms in total. The van der Waals surface area contributed by atoms with Crippen LogP contribution in [0.2, 0.25) is 0 Å². The highest BCUT2D eigenvalue weighted by Gasteiger charge is 2.32. The lowest BCUT2D eigenvalue weighted by Crippen LogP contribution is -2.29. The number of nitrogens with zero attached hydrogens (tertiary/aromatic N) is 1. The summed E-state index contributed by atoms with van der Waals surface area (Å²) >= 11 is 3.39. The maximum atomic E-state index is 12.8. The van der Waals surface area contributed by atoms with Gasteiger partial charge in [0, 0.05) is 24.1 Å². The van der Waals surface area contributed by atoms with Crippen molar-refractivity contribution >= 4 is 26.0 Å². The van der Waals surface area contributed by atoms with Gasteiger partial charge in [0.1, 0.15) is 0 Å². The fourth-order valence-corrected chi connectivity index (χ4v) is 5.12. The lowest BCUT2D eigenvalue weighted by atomic mass is 10.1. The molecule has 0 aliphatic carbocycles. The Morgan fingerprint density at radius 2 is 2.14 bits per heavy atom. The normalized spacial score (nSPS) is 20.0. The Morgan fingerprint density at radius 3 is 2.76 bits per heavy atom. The number of hydrogen-bond donors (Lipinski definition) is 1. The zero-order chi connectivity index (χ0) is 15.5. The zero-order valence-electron chi connectivity index (χ0n) is 12.6. The van der Waals surface area contributed by atoms with E-state index >= 15 is 0 Å². The fraction of sp³-hybridized carbons (Fsp3) is 0.600. The number of benzene rings is 1. The second kappa shape index (κ2) is 7.22. The van der Waals surface area contributed by atoms with Crippen molar-refractivity contribution in [1.82, 2.24) is 9.62 Å². The van der Waals surface area contributed by atoms with E-state index < -0.39 is 10.0 Å². The molecule has 1 atom stereocenters. The van der Waals surface area contributed by atoms with Gasteiger partial charge in [-0.05, 0) is 52.5 Å². The van der Waals surface area contributed by atoms with E-state index in [4.69, 9.17) is 0 Å². The molecule has 0 spiro atoms. The van der Waals surface area contributed by atoms with Crippen molar-refractivity contribution in [3.8, 4) is 0 Å². The molecule has 0 aromatic heterocycles. The van der Waals surface area contributed by atoms with Crippen molar-refractivity contribution in [3.63, 3.8) is 0 Å². The number of sulfonamides is 1. The lowest BCUT2D eigenvalue weighted by Gasteiger charge is -2.18. The molecular formula is C15H23BrN2O2S. The molecule has 1 aliphatic rings. The maximum Gasteiger partial charge on any atom is 0.244 e. The third-order valence-corrected chi connectivity index (χ3v) is 6.88. The fourth-order valence-electron chi connectivity index (χ4n) is 2.61. The Hall–Kier alpha value is -0.430. The Balaban J connectivity index is 2.27. The molecule has 1 fully saturated rings. The molecule has 1 aromatic rings. The van der Waals surface area contributed by atoms with Gasteiger partial charge in [0.15, 0.2) is 0 Å². The maximum absolute atomic E-state index is 12.8. The van der Waals surface area contributed by atoms with E-state index in [1.807, 2.05) is 19.1 Å². The molecular weight excluding hydrogens is 352 g/mol. The third kappa shape index (κ3) is 3.86. The lowest BCUT2D eigenvalue weighted by molar-refractivity contribution is 0.452. The van der Waals surface area contributed by atoms with Gasteiger partial charge in [-0.25, -0.2) is 8.42 Å². The molecule has 1 N–H and O–H groups in total. The minimum Gasteiger partial charge on any atom is -0.313 e. The largest absolute Gasteiger partial charge is 0.313 e. The van der Waals surface area contributed by atoms with Crippen molar-refractivity contribution < 1.29 is 8.42 Å². The SMILES string of the molecule is CCNCc1ccc(Br)c(S(=O)(=O)N2CCC(CC)C2)c1. The molecule has 1 saturated heterocycles. The first-order chi connectivity index (χ1) is 9.98. The second-order valence-corrected chi connectivity index (χ2v) is 8.23. The Kier molecular flexibility index (Phi) is 5.82. The number of halogens is 1. The average molecular weight is 375 g/mol. The number of hydrogen-bond acceptors (Lipinski definition) is 3. The van der Waals surface area contributed by atoms with Gasteiger partial charge in [-0.2, -0.15) is 4.31 Å². The highest BCUT2D eigenvalue weighted by Crippen LogP contribution is 2.30. The minimum atomic E-state index is -3.40. The molecule has 21 heavy (non-hydrogen) atoms. The van der Waals surface area contributed by atoms with Crippen LogP contribution in [0.15, 0.2) is 27.6 Å². The molecule has 1 aromatic carbocycles. The number of nitrogens with one attached hydrogen (secondary N) is 1. The summed E-state index contributed by atoms with van der Waals surface area (Å²) in [5.74, 6) is 0.489. The standard InChI is InChI=1S/C15H23BrN2O2S/c1-3-12-7-8-18(11-12)21(19,20)15-9-13(10-17-4-2)5-6-14(15)16/h5-6,9,12,17H,3-4,7-8,10-11H2,1-2H3. The summed E-state index contributed by atoms with van der Waals surface area (Å²) in [6.45, 7) is 6.97. The van der Waals surface area contributed by atoms with Gasteiger partial charge in [-0.3, -0.25) is 0 Å². The summed E-state index contributed by atoms with van der Waals surface area (Å²) in [5, 5.41) is 3.22. The van der Waals surface area contributed by atoms with E-state index in [1.54, 1.807) is 10.4 Å². The van der Waals surface area contributed by atoms with Gasteiger partial charge in [0.25, 0.3) is 0 Å². The quantitative estimate of drug-likeness (QED) is 0.832. The summed E-state index contributed by atoms with van der Waals surface area (Å²) < 4.78 is 27.9. The molecule has 6 heteroatoms. The van der Waals surface area contributed by atoms with Crippen LogP contribution >= 0.6 is 15.9 Å². The van der Waals surface area contributed by atoms with E-state index in [9.17, 15) is 8.42 Å². The van der Waals surface area contributed by atoms with E-state index in [1.165, 1.54) is 0 Å². The second-order valence-electron chi connectivity index (χ2n) is 5.47. The smallest absolute Gasteiger partial charge is 0.244 e. The van der Waals surface area contributed by atoms with Crippen molar-refractivity contribution in [2.45, 2.75) is 38.1 Å². The van der Waals surface area contributed by atoms with Crippen LogP contribution in [-0.2, 0) is 16.6 Å². The van der Waals surface area contributed by atoms with Crippen LogP contribution in [0.5, 0.6) is 0 Å². The Morgan fingerprint density at radius 1 is 1.38 bits per heavy atom. The number of rotatable bonds is 6. The molecule has 0 saturated carbocycles. The van der Waals surface area contributed by atoms with Gasteiger partial charge in [0.05, 0.1) is 4.90 Å². The summed E-state index contributed by atoms with van der Waals surface area (Å²) in [6, 6.07) is 5.55. The van der Waals surface area contributed by atoms with Crippen LogP contribution in [0.25, 0.3) is 0 Å². The van der Waals surface area contributed by atoms with Crippen LogP contribution in [0.1, 0.15) is 32.3 Å². The molecule has 118 valence electrons. The first-order valence-electron chi connectivity index (χ1n) is 7.48. The summed E-state index contributed by atoms with van der Waals surface area (Å²) in [7, 11) is -3.40. The van der Waals surface area contributed by atoms with Crippen molar-refractivity contribution in [2.75, 3.05) is 19.6 Å². The summed E-state index contributed by atoms with van der Waals surface area (Å²) in [4.78, 5) is 0.384. The first kappa shape index (κ1) is 16.9. The van der Waals surface area contributed by atoms with Crippen LogP contribution < -0.4 is 5.32 Å². The molecule has 2 rings (SSSR count). The predicted molar refractivity (Wildman–Crippen MR) is 88.7 cm³/mol. The molecule has 0 amide bonds. The predicted octanol–water partition coefficient (Wildman–Crippen LogP) is 2.98. The zero-order valence-corrected chi connectivity index (χ0v) is 15.0. The average Bonchev–Trinajstić information content (AvgIpc) is 2.96. The van der Waals surface area contributed by atoms with Crippen LogP contribution in [-0.4, -0.2) is 32.4 Å². The molecule has 0 radical (unpaired) electrons. The van der Waals surface area contributed by atoms with Gasteiger partial charge in [-0.1, -0.05) is 26.3 Å². The van der Waals surface area contributed by atoms with Gasteiger partial charge >= 0.3 is 0 Å². The first-order valence-corrected chi connectivity index (χ1v) is 9.71. The molecule has 1 aliphatic heterocycles. The van der Waals surface area contributed by atoms with E-state index in [0.717, 1.165) is 24.9 Å². The molecule has 1 heterocycles.